The van der Waals surface area contributed by atoms with Crippen LogP contribution >= 0.6 is 0 Å². The van der Waals surface area contributed by atoms with Crippen LogP contribution in [0.25, 0.3) is 0 Å². The molecular weight excluding hydrogens is 374 g/mol. The van der Waals surface area contributed by atoms with Gasteiger partial charge in [-0.3, -0.25) is 4.99 Å². The van der Waals surface area contributed by atoms with E-state index in [-0.39, 0.29) is 0 Å². The smallest absolute Gasteiger partial charge is 0.203 e. The van der Waals surface area contributed by atoms with Gasteiger partial charge in [-0.2, -0.15) is 0 Å². The van der Waals surface area contributed by atoms with Crippen molar-refractivity contribution in [2.24, 2.45) is 4.99 Å². The van der Waals surface area contributed by atoms with E-state index in [1.807, 2.05) is 18.2 Å². The molecule has 0 N–H and O–H groups in total. The zero-order valence-corrected chi connectivity index (χ0v) is 17.8. The maximum absolute atomic E-state index is 5.66. The van der Waals surface area contributed by atoms with Gasteiger partial charge in [0.2, 0.25) is 11.5 Å². The lowest BCUT2D eigenvalue weighted by molar-refractivity contribution is 0.322. The van der Waals surface area contributed by atoms with E-state index in [4.69, 9.17) is 33.4 Å². The Morgan fingerprint density at radius 2 is 1.24 bits per heavy atom. The maximum Gasteiger partial charge on any atom is 0.203 e. The molecular formula is C22H27NO6. The third kappa shape index (κ3) is 3.77. The number of ether oxygens (including phenoxy) is 6. The topological polar surface area (TPSA) is 67.7 Å². The van der Waals surface area contributed by atoms with Crippen molar-refractivity contribution in [3.8, 4) is 34.5 Å². The van der Waals surface area contributed by atoms with Crippen molar-refractivity contribution in [3.05, 3.63) is 34.9 Å². The van der Waals surface area contributed by atoms with Crippen LogP contribution in [0.15, 0.2) is 23.2 Å². The molecule has 1 aliphatic rings. The van der Waals surface area contributed by atoms with Gasteiger partial charge in [0.15, 0.2) is 23.0 Å². The van der Waals surface area contributed by atoms with Crippen LogP contribution in [0, 0.1) is 0 Å². The van der Waals surface area contributed by atoms with Crippen molar-refractivity contribution >= 4 is 5.71 Å². The van der Waals surface area contributed by atoms with Gasteiger partial charge in [-0.25, -0.2) is 0 Å². The Labute approximate surface area is 171 Å². The van der Waals surface area contributed by atoms with Crippen LogP contribution in [0.1, 0.15) is 16.7 Å². The van der Waals surface area contributed by atoms with E-state index in [0.717, 1.165) is 28.8 Å². The predicted octanol–water partition coefficient (Wildman–Crippen LogP) is 3.33. The Hall–Kier alpha value is -3.09. The lowest BCUT2D eigenvalue weighted by Crippen LogP contribution is -2.17. The second-order valence-corrected chi connectivity index (χ2v) is 6.46. The minimum atomic E-state index is 0.567. The number of benzene rings is 2. The molecule has 1 aliphatic heterocycles. The van der Waals surface area contributed by atoms with Gasteiger partial charge in [-0.1, -0.05) is 0 Å². The number of hydrogen-bond donors (Lipinski definition) is 0. The number of rotatable bonds is 8. The summed E-state index contributed by atoms with van der Waals surface area (Å²) in [5.41, 5.74) is 4.02. The zero-order chi connectivity index (χ0) is 21.0. The molecule has 0 radical (unpaired) electrons. The van der Waals surface area contributed by atoms with Gasteiger partial charge in [-0.15, -0.1) is 0 Å². The molecule has 3 rings (SSSR count). The van der Waals surface area contributed by atoms with Crippen molar-refractivity contribution < 1.29 is 28.4 Å². The third-order valence-electron chi connectivity index (χ3n) is 5.00. The standard InChI is InChI=1S/C22H27NO6/c1-24-17-10-13(11-18(25-2)21(17)28-5)9-16-15-12-19(26-3)22(29-6)20(27-4)14(15)7-8-23-16/h10-12H,7-9H2,1-6H3. The summed E-state index contributed by atoms with van der Waals surface area (Å²) in [6.45, 7) is 0.679. The van der Waals surface area contributed by atoms with E-state index in [1.54, 1.807) is 42.7 Å². The Balaban J connectivity index is 2.06. The van der Waals surface area contributed by atoms with Crippen LogP contribution in [-0.4, -0.2) is 54.9 Å². The molecule has 0 unspecified atom stereocenters. The zero-order valence-electron chi connectivity index (χ0n) is 17.8. The average molecular weight is 401 g/mol. The first-order valence-corrected chi connectivity index (χ1v) is 9.26. The lowest BCUT2D eigenvalue weighted by Gasteiger charge is -2.23. The fourth-order valence-corrected chi connectivity index (χ4v) is 3.69. The maximum atomic E-state index is 5.66. The molecule has 0 spiro atoms. The number of fused-ring (bicyclic) bond motifs is 1. The summed E-state index contributed by atoms with van der Waals surface area (Å²) in [6, 6.07) is 5.85. The SMILES string of the molecule is COc1cc(CC2=NCCc3c2cc(OC)c(OC)c3OC)cc(OC)c1OC. The minimum Gasteiger partial charge on any atom is -0.493 e. The monoisotopic (exact) mass is 401 g/mol. The first-order valence-electron chi connectivity index (χ1n) is 9.26. The fraction of sp³-hybridized carbons (Fsp3) is 0.409. The molecule has 0 bridgehead atoms. The van der Waals surface area contributed by atoms with Gasteiger partial charge in [0.1, 0.15) is 0 Å². The summed E-state index contributed by atoms with van der Waals surface area (Å²) in [5, 5.41) is 0. The highest BCUT2D eigenvalue weighted by atomic mass is 16.5. The Kier molecular flexibility index (Phi) is 6.36. The number of aliphatic imine (C=N–C) groups is 1. The van der Waals surface area contributed by atoms with Crippen molar-refractivity contribution in [2.75, 3.05) is 49.2 Å². The first-order chi connectivity index (χ1) is 14.1. The van der Waals surface area contributed by atoms with Gasteiger partial charge in [-0.05, 0) is 30.2 Å². The van der Waals surface area contributed by atoms with Gasteiger partial charge in [0.05, 0.1) is 42.7 Å². The van der Waals surface area contributed by atoms with Crippen LogP contribution in [0.3, 0.4) is 0 Å². The summed E-state index contributed by atoms with van der Waals surface area (Å²) >= 11 is 0. The molecule has 0 saturated heterocycles. The Morgan fingerprint density at radius 1 is 0.690 bits per heavy atom. The highest BCUT2D eigenvalue weighted by Gasteiger charge is 2.25. The summed E-state index contributed by atoms with van der Waals surface area (Å²) < 4.78 is 33.1. The molecule has 2 aromatic carbocycles. The third-order valence-corrected chi connectivity index (χ3v) is 5.00. The van der Waals surface area contributed by atoms with Crippen molar-refractivity contribution in [3.63, 3.8) is 0 Å². The van der Waals surface area contributed by atoms with Crippen LogP contribution in [0.2, 0.25) is 0 Å². The average Bonchev–Trinajstić information content (AvgIpc) is 2.76. The van der Waals surface area contributed by atoms with E-state index in [9.17, 15) is 0 Å². The molecule has 0 saturated carbocycles. The summed E-state index contributed by atoms with van der Waals surface area (Å²) in [7, 11) is 9.67. The second-order valence-electron chi connectivity index (χ2n) is 6.46. The molecule has 0 aromatic heterocycles. The molecule has 29 heavy (non-hydrogen) atoms. The van der Waals surface area contributed by atoms with E-state index in [0.29, 0.717) is 47.5 Å². The van der Waals surface area contributed by atoms with E-state index in [2.05, 4.69) is 0 Å². The van der Waals surface area contributed by atoms with Crippen molar-refractivity contribution in [2.45, 2.75) is 12.8 Å². The van der Waals surface area contributed by atoms with E-state index in [1.165, 1.54) is 0 Å². The van der Waals surface area contributed by atoms with Gasteiger partial charge in [0.25, 0.3) is 0 Å². The molecule has 1 heterocycles. The number of nitrogens with zero attached hydrogens (tertiary/aromatic N) is 1. The molecule has 156 valence electrons. The quantitative estimate of drug-likeness (QED) is 0.676. The summed E-state index contributed by atoms with van der Waals surface area (Å²) in [4.78, 5) is 4.78. The molecule has 0 atom stereocenters. The van der Waals surface area contributed by atoms with Crippen LogP contribution in [-0.2, 0) is 12.8 Å². The van der Waals surface area contributed by atoms with Crippen LogP contribution < -0.4 is 28.4 Å². The molecule has 0 fully saturated rings. The predicted molar refractivity (Wildman–Crippen MR) is 111 cm³/mol. The largest absolute Gasteiger partial charge is 0.493 e. The number of methoxy groups -OCH3 is 6. The van der Waals surface area contributed by atoms with Gasteiger partial charge in [0, 0.05) is 29.8 Å². The highest BCUT2D eigenvalue weighted by Crippen LogP contribution is 2.44. The van der Waals surface area contributed by atoms with Gasteiger partial charge >= 0.3 is 0 Å². The van der Waals surface area contributed by atoms with E-state index >= 15 is 0 Å². The molecule has 2 aromatic rings. The second kappa shape index (κ2) is 8.94. The first kappa shape index (κ1) is 20.6. The minimum absolute atomic E-state index is 0.567. The molecule has 0 amide bonds. The fourth-order valence-electron chi connectivity index (χ4n) is 3.69. The Morgan fingerprint density at radius 3 is 1.76 bits per heavy atom. The summed E-state index contributed by atoms with van der Waals surface area (Å²) in [6.07, 6.45) is 1.37. The molecule has 0 aliphatic carbocycles. The highest BCUT2D eigenvalue weighted by molar-refractivity contribution is 6.05. The molecule has 7 nitrogen and oxygen atoms in total. The molecule has 7 heteroatoms. The summed E-state index contributed by atoms with van der Waals surface area (Å²) in [5.74, 6) is 3.70. The van der Waals surface area contributed by atoms with Crippen molar-refractivity contribution in [1.29, 1.82) is 0 Å². The van der Waals surface area contributed by atoms with Crippen LogP contribution in [0.4, 0.5) is 0 Å². The Bertz CT molecular complexity index is 897. The van der Waals surface area contributed by atoms with Gasteiger partial charge < -0.3 is 28.4 Å². The normalized spacial score (nSPS) is 12.6. The van der Waals surface area contributed by atoms with Crippen LogP contribution in [0.5, 0.6) is 34.5 Å². The van der Waals surface area contributed by atoms with E-state index < -0.39 is 0 Å². The lowest BCUT2D eigenvalue weighted by atomic mass is 9.92. The van der Waals surface area contributed by atoms with Crippen molar-refractivity contribution in [1.82, 2.24) is 0 Å². The number of hydrogen-bond acceptors (Lipinski definition) is 7.